The zero-order valence-corrected chi connectivity index (χ0v) is 16.6. The van der Waals surface area contributed by atoms with Crippen LogP contribution in [0, 0.1) is 0 Å². The van der Waals surface area contributed by atoms with E-state index in [1.807, 2.05) is 35.2 Å². The molecule has 2 aliphatic rings. The number of thioether (sulfide) groups is 1. The predicted octanol–water partition coefficient (Wildman–Crippen LogP) is 2.91. The average Bonchev–Trinajstić information content (AvgIpc) is 2.75. The van der Waals surface area contributed by atoms with Gasteiger partial charge in [-0.15, -0.1) is 11.8 Å². The van der Waals surface area contributed by atoms with Crippen LogP contribution in [0.2, 0.25) is 0 Å². The van der Waals surface area contributed by atoms with Gasteiger partial charge in [-0.25, -0.2) is 0 Å². The SMILES string of the molecule is O=C(CCC(=O)N1CCSc2ccccc21)NCC1NCCc2ccccc21. The first-order valence-electron chi connectivity index (χ1n) is 9.82. The van der Waals surface area contributed by atoms with Crippen LogP contribution in [-0.2, 0) is 16.0 Å². The molecule has 2 heterocycles. The smallest absolute Gasteiger partial charge is 0.227 e. The number of amides is 2. The molecular formula is C22H25N3O2S. The first-order valence-corrected chi connectivity index (χ1v) is 10.8. The highest BCUT2D eigenvalue weighted by atomic mass is 32.2. The number of carbonyl (C=O) groups excluding carboxylic acids is 2. The monoisotopic (exact) mass is 395 g/mol. The molecule has 0 saturated heterocycles. The van der Waals surface area contributed by atoms with Crippen LogP contribution in [0.15, 0.2) is 53.4 Å². The highest BCUT2D eigenvalue weighted by Crippen LogP contribution is 2.34. The van der Waals surface area contributed by atoms with Gasteiger partial charge in [0, 0.05) is 42.6 Å². The summed E-state index contributed by atoms with van der Waals surface area (Å²) in [5.74, 6) is 0.837. The van der Waals surface area contributed by atoms with Gasteiger partial charge in [-0.3, -0.25) is 9.59 Å². The number of para-hydroxylation sites is 1. The van der Waals surface area contributed by atoms with Crippen LogP contribution in [0.5, 0.6) is 0 Å². The van der Waals surface area contributed by atoms with Gasteiger partial charge in [-0.05, 0) is 36.2 Å². The molecule has 2 aromatic rings. The maximum atomic E-state index is 12.7. The molecule has 0 fully saturated rings. The Hall–Kier alpha value is -2.31. The minimum absolute atomic E-state index is 0.0176. The molecule has 1 unspecified atom stereocenters. The summed E-state index contributed by atoms with van der Waals surface area (Å²) < 4.78 is 0. The molecule has 1 atom stereocenters. The number of fused-ring (bicyclic) bond motifs is 2. The minimum atomic E-state index is -0.0714. The number of rotatable bonds is 5. The topological polar surface area (TPSA) is 61.4 Å². The summed E-state index contributed by atoms with van der Waals surface area (Å²) in [4.78, 5) is 27.9. The molecule has 0 saturated carbocycles. The van der Waals surface area contributed by atoms with Gasteiger partial charge >= 0.3 is 0 Å². The summed E-state index contributed by atoms with van der Waals surface area (Å²) in [6, 6.07) is 16.5. The first-order chi connectivity index (χ1) is 13.7. The summed E-state index contributed by atoms with van der Waals surface area (Å²) in [5, 5.41) is 6.46. The standard InChI is InChI=1S/C22H25N3O2S/c26-21(24-15-18-17-6-2-1-5-16(17)11-12-23-18)9-10-22(27)25-13-14-28-20-8-4-3-7-19(20)25/h1-8,18,23H,9-15H2,(H,24,26). The molecule has 4 rings (SSSR count). The van der Waals surface area contributed by atoms with Crippen molar-refractivity contribution in [3.05, 3.63) is 59.7 Å². The lowest BCUT2D eigenvalue weighted by molar-refractivity contribution is -0.125. The summed E-state index contributed by atoms with van der Waals surface area (Å²) in [6.45, 7) is 2.17. The van der Waals surface area contributed by atoms with Gasteiger partial charge in [0.05, 0.1) is 5.69 Å². The number of nitrogens with zero attached hydrogens (tertiary/aromatic N) is 1. The average molecular weight is 396 g/mol. The summed E-state index contributed by atoms with van der Waals surface area (Å²) in [5.41, 5.74) is 3.57. The van der Waals surface area contributed by atoms with Crippen LogP contribution in [0.3, 0.4) is 0 Å². The maximum absolute atomic E-state index is 12.7. The Morgan fingerprint density at radius 3 is 2.86 bits per heavy atom. The van der Waals surface area contributed by atoms with Crippen molar-refractivity contribution < 1.29 is 9.59 Å². The lowest BCUT2D eigenvalue weighted by Gasteiger charge is -2.29. The number of hydrogen-bond donors (Lipinski definition) is 2. The predicted molar refractivity (Wildman–Crippen MR) is 113 cm³/mol. The molecular weight excluding hydrogens is 370 g/mol. The second-order valence-electron chi connectivity index (χ2n) is 7.12. The zero-order valence-electron chi connectivity index (χ0n) is 15.8. The number of hydrogen-bond acceptors (Lipinski definition) is 4. The van der Waals surface area contributed by atoms with Crippen molar-refractivity contribution in [2.75, 3.05) is 30.3 Å². The molecule has 0 aromatic heterocycles. The molecule has 0 radical (unpaired) electrons. The van der Waals surface area contributed by atoms with Gasteiger partial charge in [0.15, 0.2) is 0 Å². The van der Waals surface area contributed by atoms with Crippen LogP contribution in [0.1, 0.15) is 30.0 Å². The normalized spacial score (nSPS) is 18.1. The number of anilines is 1. The van der Waals surface area contributed by atoms with Crippen LogP contribution in [0.4, 0.5) is 5.69 Å². The fraction of sp³-hybridized carbons (Fsp3) is 0.364. The molecule has 28 heavy (non-hydrogen) atoms. The van der Waals surface area contributed by atoms with Gasteiger partial charge < -0.3 is 15.5 Å². The van der Waals surface area contributed by atoms with E-state index in [1.54, 1.807) is 11.8 Å². The van der Waals surface area contributed by atoms with E-state index in [9.17, 15) is 9.59 Å². The first kappa shape index (κ1) is 19.0. The third-order valence-electron chi connectivity index (χ3n) is 5.31. The van der Waals surface area contributed by atoms with Gasteiger partial charge in [0.1, 0.15) is 0 Å². The zero-order chi connectivity index (χ0) is 19.3. The van der Waals surface area contributed by atoms with E-state index in [1.165, 1.54) is 11.1 Å². The van der Waals surface area contributed by atoms with E-state index in [4.69, 9.17) is 0 Å². The van der Waals surface area contributed by atoms with Crippen molar-refractivity contribution >= 4 is 29.3 Å². The van der Waals surface area contributed by atoms with E-state index in [-0.39, 0.29) is 30.7 Å². The van der Waals surface area contributed by atoms with E-state index in [0.29, 0.717) is 13.1 Å². The Labute approximate surface area is 169 Å². The van der Waals surface area contributed by atoms with Crippen LogP contribution < -0.4 is 15.5 Å². The fourth-order valence-corrected chi connectivity index (χ4v) is 4.86. The van der Waals surface area contributed by atoms with Gasteiger partial charge in [0.2, 0.25) is 11.8 Å². The molecule has 0 bridgehead atoms. The third kappa shape index (κ3) is 4.23. The van der Waals surface area contributed by atoms with Crippen LogP contribution in [0.25, 0.3) is 0 Å². The van der Waals surface area contributed by atoms with Crippen molar-refractivity contribution in [1.29, 1.82) is 0 Å². The molecule has 146 valence electrons. The molecule has 0 spiro atoms. The largest absolute Gasteiger partial charge is 0.354 e. The molecule has 0 aliphatic carbocycles. The van der Waals surface area contributed by atoms with E-state index in [0.717, 1.165) is 29.3 Å². The lowest BCUT2D eigenvalue weighted by Crippen LogP contribution is -2.39. The lowest BCUT2D eigenvalue weighted by atomic mass is 9.94. The highest BCUT2D eigenvalue weighted by Gasteiger charge is 2.23. The van der Waals surface area contributed by atoms with Crippen LogP contribution >= 0.6 is 11.8 Å². The fourth-order valence-electron chi connectivity index (χ4n) is 3.86. The molecule has 2 N–H and O–H groups in total. The Morgan fingerprint density at radius 1 is 1.11 bits per heavy atom. The molecule has 2 amide bonds. The van der Waals surface area contributed by atoms with Gasteiger partial charge in [0.25, 0.3) is 0 Å². The third-order valence-corrected chi connectivity index (χ3v) is 6.36. The number of carbonyl (C=O) groups is 2. The summed E-state index contributed by atoms with van der Waals surface area (Å²) in [7, 11) is 0. The second-order valence-corrected chi connectivity index (χ2v) is 8.26. The van der Waals surface area contributed by atoms with E-state index < -0.39 is 0 Å². The van der Waals surface area contributed by atoms with E-state index >= 15 is 0 Å². The van der Waals surface area contributed by atoms with Crippen molar-refractivity contribution in [1.82, 2.24) is 10.6 Å². The summed E-state index contributed by atoms with van der Waals surface area (Å²) in [6.07, 6.45) is 1.48. The van der Waals surface area contributed by atoms with E-state index in [2.05, 4.69) is 28.8 Å². The van der Waals surface area contributed by atoms with Crippen molar-refractivity contribution in [2.24, 2.45) is 0 Å². The Balaban J connectivity index is 1.28. The summed E-state index contributed by atoms with van der Waals surface area (Å²) >= 11 is 1.77. The maximum Gasteiger partial charge on any atom is 0.227 e. The minimum Gasteiger partial charge on any atom is -0.354 e. The van der Waals surface area contributed by atoms with Gasteiger partial charge in [-0.2, -0.15) is 0 Å². The molecule has 2 aliphatic heterocycles. The molecule has 6 heteroatoms. The van der Waals surface area contributed by atoms with Gasteiger partial charge in [-0.1, -0.05) is 36.4 Å². The molecule has 2 aromatic carbocycles. The van der Waals surface area contributed by atoms with Crippen molar-refractivity contribution in [3.8, 4) is 0 Å². The highest BCUT2D eigenvalue weighted by molar-refractivity contribution is 7.99. The van der Waals surface area contributed by atoms with Crippen molar-refractivity contribution in [2.45, 2.75) is 30.2 Å². The second kappa shape index (κ2) is 8.80. The Kier molecular flexibility index (Phi) is 5.98. The molecule has 5 nitrogen and oxygen atoms in total. The Morgan fingerprint density at radius 2 is 1.93 bits per heavy atom. The van der Waals surface area contributed by atoms with Crippen LogP contribution in [-0.4, -0.2) is 37.2 Å². The quantitative estimate of drug-likeness (QED) is 0.817. The number of benzene rings is 2. The van der Waals surface area contributed by atoms with Crippen molar-refractivity contribution in [3.63, 3.8) is 0 Å². The Bertz CT molecular complexity index is 870. The number of nitrogens with one attached hydrogen (secondary N) is 2.